The summed E-state index contributed by atoms with van der Waals surface area (Å²) in [7, 11) is 1.68. The minimum atomic E-state index is -0.131. The first-order chi connectivity index (χ1) is 13.7. The molecule has 152 valence electrons. The summed E-state index contributed by atoms with van der Waals surface area (Å²) in [5, 5.41) is 13.4. The fourth-order valence-corrected chi connectivity index (χ4v) is 2.74. The van der Waals surface area contributed by atoms with Crippen molar-refractivity contribution in [1.29, 1.82) is 0 Å². The Labute approximate surface area is 187 Å². The lowest BCUT2D eigenvalue weighted by atomic mass is 10.1. The number of amides is 1. The Hall–Kier alpha value is -2.88. The summed E-state index contributed by atoms with van der Waals surface area (Å²) in [5.41, 5.74) is 3.09. The molecule has 1 heterocycles. The van der Waals surface area contributed by atoms with Gasteiger partial charge in [0.2, 0.25) is 5.91 Å². The third-order valence-corrected chi connectivity index (χ3v) is 4.15. The Morgan fingerprint density at radius 2 is 1.72 bits per heavy atom. The number of aromatic nitrogens is 2. The smallest absolute Gasteiger partial charge is 0.243 e. The van der Waals surface area contributed by atoms with E-state index >= 15 is 0 Å². The molecular formula is C21H25IN6O. The molecule has 0 atom stereocenters. The first-order valence-corrected chi connectivity index (χ1v) is 9.08. The normalized spacial score (nSPS) is 10.7. The molecule has 2 aromatic carbocycles. The number of anilines is 1. The van der Waals surface area contributed by atoms with Gasteiger partial charge >= 0.3 is 0 Å². The summed E-state index contributed by atoms with van der Waals surface area (Å²) < 4.78 is 1.89. The molecule has 0 aliphatic carbocycles. The molecule has 0 saturated heterocycles. The molecule has 0 spiro atoms. The zero-order valence-electron chi connectivity index (χ0n) is 16.2. The van der Waals surface area contributed by atoms with Crippen LogP contribution in [0.1, 0.15) is 11.1 Å². The molecule has 3 N–H and O–H groups in total. The summed E-state index contributed by atoms with van der Waals surface area (Å²) in [4.78, 5) is 16.3. The van der Waals surface area contributed by atoms with Crippen molar-refractivity contribution < 1.29 is 4.79 Å². The molecule has 29 heavy (non-hydrogen) atoms. The van der Waals surface area contributed by atoms with Crippen LogP contribution in [0.15, 0.2) is 78.0 Å². The number of benzene rings is 2. The Bertz CT molecular complexity index is 912. The van der Waals surface area contributed by atoms with Crippen molar-refractivity contribution in [2.45, 2.75) is 13.1 Å². The minimum absolute atomic E-state index is 0. The molecular weight excluding hydrogens is 479 g/mol. The van der Waals surface area contributed by atoms with Gasteiger partial charge in [0, 0.05) is 31.7 Å². The van der Waals surface area contributed by atoms with Gasteiger partial charge in [-0.3, -0.25) is 14.5 Å². The lowest BCUT2D eigenvalue weighted by molar-refractivity contribution is -0.115. The highest BCUT2D eigenvalue weighted by Gasteiger charge is 2.07. The van der Waals surface area contributed by atoms with Crippen LogP contribution in [0.2, 0.25) is 0 Å². The van der Waals surface area contributed by atoms with Gasteiger partial charge < -0.3 is 16.0 Å². The summed E-state index contributed by atoms with van der Waals surface area (Å²) in [5.74, 6) is 0.435. The van der Waals surface area contributed by atoms with Crippen molar-refractivity contribution in [3.63, 3.8) is 0 Å². The average Bonchev–Trinajstić information content (AvgIpc) is 3.23. The summed E-state index contributed by atoms with van der Waals surface area (Å²) in [6, 6.07) is 19.5. The van der Waals surface area contributed by atoms with Crippen molar-refractivity contribution in [1.82, 2.24) is 20.4 Å². The highest BCUT2D eigenvalue weighted by atomic mass is 127. The van der Waals surface area contributed by atoms with Crippen LogP contribution in [0, 0.1) is 0 Å². The number of para-hydroxylation sites is 1. The number of hydrogen-bond donors (Lipinski definition) is 3. The van der Waals surface area contributed by atoms with Crippen LogP contribution < -0.4 is 16.0 Å². The molecule has 3 rings (SSSR count). The van der Waals surface area contributed by atoms with E-state index in [4.69, 9.17) is 0 Å². The van der Waals surface area contributed by atoms with Crippen molar-refractivity contribution in [3.8, 4) is 0 Å². The fourth-order valence-electron chi connectivity index (χ4n) is 2.74. The second kappa shape index (κ2) is 11.8. The Morgan fingerprint density at radius 1 is 1.00 bits per heavy atom. The van der Waals surface area contributed by atoms with Crippen LogP contribution in [-0.4, -0.2) is 35.2 Å². The van der Waals surface area contributed by atoms with Gasteiger partial charge in [-0.15, -0.1) is 24.0 Å². The van der Waals surface area contributed by atoms with Crippen molar-refractivity contribution in [2.24, 2.45) is 4.99 Å². The maximum atomic E-state index is 12.1. The van der Waals surface area contributed by atoms with Crippen LogP contribution >= 0.6 is 24.0 Å². The SMILES string of the molecule is CN=C(NCC(=O)Nc1ccccc1)NCc1ccccc1Cn1cccn1.I. The summed E-state index contributed by atoms with van der Waals surface area (Å²) in [6.07, 6.45) is 3.71. The number of hydrogen-bond acceptors (Lipinski definition) is 3. The van der Waals surface area contributed by atoms with E-state index in [1.54, 1.807) is 13.2 Å². The van der Waals surface area contributed by atoms with Crippen LogP contribution in [-0.2, 0) is 17.9 Å². The zero-order valence-corrected chi connectivity index (χ0v) is 18.5. The van der Waals surface area contributed by atoms with Gasteiger partial charge in [-0.1, -0.05) is 42.5 Å². The van der Waals surface area contributed by atoms with Gasteiger partial charge in [0.1, 0.15) is 0 Å². The quantitative estimate of drug-likeness (QED) is 0.263. The first-order valence-electron chi connectivity index (χ1n) is 9.08. The molecule has 0 aliphatic heterocycles. The number of carbonyl (C=O) groups excluding carboxylic acids is 1. The van der Waals surface area contributed by atoms with Gasteiger partial charge in [0.05, 0.1) is 13.1 Å². The Kier molecular flexibility index (Phi) is 9.16. The highest BCUT2D eigenvalue weighted by Crippen LogP contribution is 2.10. The van der Waals surface area contributed by atoms with Gasteiger partial charge in [-0.2, -0.15) is 5.10 Å². The number of carbonyl (C=O) groups is 1. The number of aliphatic imine (C=N–C) groups is 1. The van der Waals surface area contributed by atoms with Crippen LogP contribution in [0.3, 0.4) is 0 Å². The fraction of sp³-hybridized carbons (Fsp3) is 0.190. The predicted octanol–water partition coefficient (Wildman–Crippen LogP) is 2.85. The molecule has 7 nitrogen and oxygen atoms in total. The standard InChI is InChI=1S/C21H24N6O.HI/c1-22-21(24-15-20(28)26-19-10-3-2-4-11-19)23-14-17-8-5-6-9-18(17)16-27-13-7-12-25-27;/h2-13H,14-16H2,1H3,(H,26,28)(H2,22,23,24);1H. The Morgan fingerprint density at radius 3 is 2.41 bits per heavy atom. The molecule has 0 bridgehead atoms. The molecule has 0 unspecified atom stereocenters. The Balaban J connectivity index is 0.00000300. The van der Waals surface area contributed by atoms with Crippen LogP contribution in [0.5, 0.6) is 0 Å². The number of guanidine groups is 1. The van der Waals surface area contributed by atoms with Crippen molar-refractivity contribution >= 4 is 41.5 Å². The van der Waals surface area contributed by atoms with Crippen molar-refractivity contribution in [3.05, 3.63) is 84.2 Å². The van der Waals surface area contributed by atoms with E-state index in [0.717, 1.165) is 11.3 Å². The van der Waals surface area contributed by atoms with Gasteiger partial charge in [0.15, 0.2) is 5.96 Å². The van der Waals surface area contributed by atoms with E-state index in [1.807, 2.05) is 59.4 Å². The van der Waals surface area contributed by atoms with Gasteiger partial charge in [-0.25, -0.2) is 0 Å². The number of rotatable bonds is 7. The first kappa shape index (κ1) is 22.4. The van der Waals surface area contributed by atoms with Crippen LogP contribution in [0.25, 0.3) is 0 Å². The van der Waals surface area contributed by atoms with E-state index in [2.05, 4.69) is 38.2 Å². The number of halogens is 1. The second-order valence-electron chi connectivity index (χ2n) is 6.17. The highest BCUT2D eigenvalue weighted by molar-refractivity contribution is 14.0. The average molecular weight is 504 g/mol. The van der Waals surface area contributed by atoms with E-state index in [1.165, 1.54) is 5.56 Å². The molecule has 3 aromatic rings. The minimum Gasteiger partial charge on any atom is -0.352 e. The molecule has 1 aromatic heterocycles. The van der Waals surface area contributed by atoms with E-state index in [-0.39, 0.29) is 36.4 Å². The van der Waals surface area contributed by atoms with Crippen molar-refractivity contribution in [2.75, 3.05) is 18.9 Å². The van der Waals surface area contributed by atoms with E-state index < -0.39 is 0 Å². The summed E-state index contributed by atoms with van der Waals surface area (Å²) in [6.45, 7) is 1.43. The maximum absolute atomic E-state index is 12.1. The molecule has 0 radical (unpaired) electrons. The molecule has 0 fully saturated rings. The van der Waals surface area contributed by atoms with Gasteiger partial charge in [0.25, 0.3) is 0 Å². The zero-order chi connectivity index (χ0) is 19.6. The molecule has 0 aliphatic rings. The van der Waals surface area contributed by atoms with Crippen LogP contribution in [0.4, 0.5) is 5.69 Å². The lowest BCUT2D eigenvalue weighted by Crippen LogP contribution is -2.41. The van der Waals surface area contributed by atoms with E-state index in [9.17, 15) is 4.79 Å². The maximum Gasteiger partial charge on any atom is 0.243 e. The largest absolute Gasteiger partial charge is 0.352 e. The third kappa shape index (κ3) is 7.22. The lowest BCUT2D eigenvalue weighted by Gasteiger charge is -2.14. The second-order valence-corrected chi connectivity index (χ2v) is 6.17. The predicted molar refractivity (Wildman–Crippen MR) is 126 cm³/mol. The van der Waals surface area contributed by atoms with Gasteiger partial charge in [-0.05, 0) is 29.3 Å². The monoisotopic (exact) mass is 504 g/mol. The number of nitrogens with zero attached hydrogens (tertiary/aromatic N) is 3. The molecule has 0 saturated carbocycles. The van der Waals surface area contributed by atoms with E-state index in [0.29, 0.717) is 19.0 Å². The number of nitrogens with one attached hydrogen (secondary N) is 3. The third-order valence-electron chi connectivity index (χ3n) is 4.15. The molecule has 8 heteroatoms. The molecule has 1 amide bonds. The topological polar surface area (TPSA) is 83.3 Å². The summed E-state index contributed by atoms with van der Waals surface area (Å²) >= 11 is 0.